The fourth-order valence-corrected chi connectivity index (χ4v) is 6.46. The number of fused-ring (bicyclic) bond motifs is 2. The van der Waals surface area contributed by atoms with E-state index in [0.717, 1.165) is 20.2 Å². The topological polar surface area (TPSA) is 125 Å². The minimum Gasteiger partial charge on any atom is -0.493 e. The molecule has 3 atom stereocenters. The van der Waals surface area contributed by atoms with E-state index in [1.165, 1.54) is 36.5 Å². The first-order valence-electron chi connectivity index (χ1n) is 14.2. The van der Waals surface area contributed by atoms with E-state index in [1.54, 1.807) is 27.2 Å². The molecule has 0 saturated heterocycles. The molecule has 0 spiro atoms. The molecule has 11 heteroatoms. The number of methoxy groups -OCH3 is 2. The van der Waals surface area contributed by atoms with Gasteiger partial charge < -0.3 is 24.1 Å². The van der Waals surface area contributed by atoms with Crippen LogP contribution in [0.1, 0.15) is 59.9 Å². The molecule has 1 N–H and O–H groups in total. The normalized spacial score (nSPS) is 13.3. The van der Waals surface area contributed by atoms with E-state index < -0.39 is 11.9 Å². The van der Waals surface area contributed by atoms with Crippen LogP contribution in [0.5, 0.6) is 23.0 Å². The quantitative estimate of drug-likeness (QED) is 0.125. The summed E-state index contributed by atoms with van der Waals surface area (Å²) in [4.78, 5) is 49.2. The van der Waals surface area contributed by atoms with Crippen molar-refractivity contribution in [2.24, 2.45) is 17.8 Å². The number of hydrogen-bond donors (Lipinski definition) is 1. The third-order valence-corrected chi connectivity index (χ3v) is 9.58. The Bertz CT molecular complexity index is 1580. The van der Waals surface area contributed by atoms with E-state index in [9.17, 15) is 19.2 Å². The maximum atomic E-state index is 12.7. The average Bonchev–Trinajstić information content (AvgIpc) is 3.61. The van der Waals surface area contributed by atoms with Gasteiger partial charge in [0.15, 0.2) is 34.6 Å². The van der Waals surface area contributed by atoms with Crippen LogP contribution in [0, 0.1) is 17.8 Å². The van der Waals surface area contributed by atoms with Crippen LogP contribution in [-0.4, -0.2) is 55.9 Å². The van der Waals surface area contributed by atoms with Gasteiger partial charge in [-0.3, -0.25) is 19.2 Å². The molecule has 2 aromatic carbocycles. The Morgan fingerprint density at radius 2 is 1.11 bits per heavy atom. The van der Waals surface area contributed by atoms with E-state index >= 15 is 0 Å². The van der Waals surface area contributed by atoms with Gasteiger partial charge in [-0.15, -0.1) is 22.7 Å². The number of rotatable bonds is 16. The van der Waals surface area contributed by atoms with Crippen LogP contribution in [0.25, 0.3) is 20.2 Å². The Balaban J connectivity index is 1.41. The number of hydrogen-bond acceptors (Lipinski definition) is 10. The van der Waals surface area contributed by atoms with Gasteiger partial charge in [0, 0.05) is 46.2 Å². The minimum absolute atomic E-state index is 0.00865. The summed E-state index contributed by atoms with van der Waals surface area (Å²) in [7, 11) is 3.11. The van der Waals surface area contributed by atoms with E-state index in [0.29, 0.717) is 46.0 Å². The van der Waals surface area contributed by atoms with Gasteiger partial charge in [0.2, 0.25) is 0 Å². The van der Waals surface area contributed by atoms with Crippen molar-refractivity contribution in [3.05, 3.63) is 46.2 Å². The summed E-state index contributed by atoms with van der Waals surface area (Å²) >= 11 is 2.67. The van der Waals surface area contributed by atoms with Crippen molar-refractivity contribution in [1.29, 1.82) is 0 Å². The number of carbonyl (C=O) groups is 4. The molecule has 1 unspecified atom stereocenters. The zero-order chi connectivity index (χ0) is 32.1. The van der Waals surface area contributed by atoms with Gasteiger partial charge in [0.1, 0.15) is 5.78 Å². The van der Waals surface area contributed by atoms with Gasteiger partial charge in [0.25, 0.3) is 0 Å². The van der Waals surface area contributed by atoms with Crippen molar-refractivity contribution in [3.8, 4) is 23.0 Å². The van der Waals surface area contributed by atoms with Gasteiger partial charge in [-0.2, -0.15) is 0 Å². The first-order valence-corrected chi connectivity index (χ1v) is 15.8. The van der Waals surface area contributed by atoms with Crippen molar-refractivity contribution in [3.63, 3.8) is 0 Å². The Morgan fingerprint density at radius 1 is 0.682 bits per heavy atom. The monoisotopic (exact) mass is 640 g/mol. The summed E-state index contributed by atoms with van der Waals surface area (Å²) in [5.41, 5.74) is 0. The molecule has 44 heavy (non-hydrogen) atoms. The van der Waals surface area contributed by atoms with Gasteiger partial charge in [0.05, 0.1) is 43.1 Å². The number of carboxylic acid groups (broad SMARTS) is 1. The van der Waals surface area contributed by atoms with Crippen molar-refractivity contribution in [2.45, 2.75) is 40.5 Å². The summed E-state index contributed by atoms with van der Waals surface area (Å²) in [6, 6.07) is 10.9. The number of thiophene rings is 2. The molecular formula is C33H36O9S2. The molecule has 0 aliphatic heterocycles. The standard InChI is InChI=1S/C33H36O9S2/c1-17(15-41-27-9-21-11-31(23(35)7-18(2)20(4)34)43-29(21)13-25(27)39-5)16-42-28-10-22-12-32(24(36)8-19(3)33(37)38)44-30(22)14-26(28)40-6/h9-14,17-19H,7-8,15-16H2,1-6H3,(H,37,38)/t17?,18-,19-/m0/s1. The van der Waals surface area contributed by atoms with Gasteiger partial charge >= 0.3 is 5.97 Å². The average molecular weight is 641 g/mol. The third-order valence-electron chi connectivity index (χ3n) is 7.30. The summed E-state index contributed by atoms with van der Waals surface area (Å²) in [6.07, 6.45) is 0.111. The maximum absolute atomic E-state index is 12.7. The van der Waals surface area contributed by atoms with E-state index in [4.69, 9.17) is 24.1 Å². The summed E-state index contributed by atoms with van der Waals surface area (Å²) in [5.74, 6) is -0.242. The van der Waals surface area contributed by atoms with E-state index in [2.05, 4.69) is 0 Å². The first-order chi connectivity index (χ1) is 20.9. The lowest BCUT2D eigenvalue weighted by Crippen LogP contribution is -2.17. The molecular weight excluding hydrogens is 604 g/mol. The molecule has 2 aromatic heterocycles. The molecule has 0 radical (unpaired) electrons. The Kier molecular flexibility index (Phi) is 10.6. The highest BCUT2D eigenvalue weighted by molar-refractivity contribution is 7.21. The molecule has 0 saturated carbocycles. The number of carbonyl (C=O) groups excluding carboxylic acids is 3. The Hall–Kier alpha value is -3.96. The number of aliphatic carboxylic acids is 1. The minimum atomic E-state index is -1.00. The second kappa shape index (κ2) is 14.2. The van der Waals surface area contributed by atoms with Gasteiger partial charge in [-0.1, -0.05) is 20.8 Å². The fourth-order valence-electron chi connectivity index (χ4n) is 4.41. The van der Waals surface area contributed by atoms with E-state index in [1.807, 2.05) is 37.3 Å². The Labute approximate surface area is 263 Å². The van der Waals surface area contributed by atoms with Crippen LogP contribution in [0.3, 0.4) is 0 Å². The highest BCUT2D eigenvalue weighted by Gasteiger charge is 2.21. The molecule has 0 aliphatic carbocycles. The summed E-state index contributed by atoms with van der Waals surface area (Å²) in [5, 5.41) is 10.8. The van der Waals surface area contributed by atoms with Crippen molar-refractivity contribution in [1.82, 2.24) is 0 Å². The summed E-state index contributed by atoms with van der Waals surface area (Å²) < 4.78 is 25.0. The van der Waals surface area contributed by atoms with Gasteiger partial charge in [-0.25, -0.2) is 0 Å². The predicted molar refractivity (Wildman–Crippen MR) is 171 cm³/mol. The number of carboxylic acids is 1. The SMILES string of the molecule is COc1cc2sc(C(=O)C[C@H](C)C(C)=O)cc2cc1OCC(C)COc1cc2cc(C(=O)C[C@H](C)C(=O)O)sc2cc1OC. The highest BCUT2D eigenvalue weighted by Crippen LogP contribution is 2.39. The number of benzene rings is 2. The van der Waals surface area contributed by atoms with Gasteiger partial charge in [-0.05, 0) is 42.0 Å². The predicted octanol–water partition coefficient (Wildman–Crippen LogP) is 7.32. The highest BCUT2D eigenvalue weighted by atomic mass is 32.1. The first kappa shape index (κ1) is 32.9. The number of ether oxygens (including phenoxy) is 4. The second-order valence-electron chi connectivity index (χ2n) is 11.0. The lowest BCUT2D eigenvalue weighted by Gasteiger charge is -2.17. The van der Waals surface area contributed by atoms with Crippen LogP contribution >= 0.6 is 22.7 Å². The van der Waals surface area contributed by atoms with Crippen LogP contribution in [-0.2, 0) is 9.59 Å². The molecule has 0 aliphatic rings. The number of ketones is 3. The molecule has 0 bridgehead atoms. The van der Waals surface area contributed by atoms with Crippen LogP contribution in [0.4, 0.5) is 0 Å². The fraction of sp³-hybridized carbons (Fsp3) is 0.394. The number of Topliss-reactive ketones (excluding diaryl/α,β-unsaturated/α-hetero) is 3. The molecule has 9 nitrogen and oxygen atoms in total. The van der Waals surface area contributed by atoms with Crippen LogP contribution in [0.15, 0.2) is 36.4 Å². The van der Waals surface area contributed by atoms with Crippen molar-refractivity contribution >= 4 is 66.2 Å². The molecule has 234 valence electrons. The second-order valence-corrected chi connectivity index (χ2v) is 13.2. The lowest BCUT2D eigenvalue weighted by atomic mass is 10.0. The molecule has 4 aromatic rings. The zero-order valence-electron chi connectivity index (χ0n) is 25.6. The molecule has 2 heterocycles. The smallest absolute Gasteiger partial charge is 0.306 e. The van der Waals surface area contributed by atoms with E-state index in [-0.39, 0.29) is 42.0 Å². The molecule has 0 fully saturated rings. The van der Waals surface area contributed by atoms with Crippen molar-refractivity contribution in [2.75, 3.05) is 27.4 Å². The van der Waals surface area contributed by atoms with Crippen LogP contribution < -0.4 is 18.9 Å². The lowest BCUT2D eigenvalue weighted by molar-refractivity contribution is -0.141. The third kappa shape index (κ3) is 7.75. The zero-order valence-corrected chi connectivity index (χ0v) is 27.2. The molecule has 4 rings (SSSR count). The largest absolute Gasteiger partial charge is 0.493 e. The maximum Gasteiger partial charge on any atom is 0.306 e. The van der Waals surface area contributed by atoms with Crippen molar-refractivity contribution < 1.29 is 43.2 Å². The molecule has 0 amide bonds. The van der Waals surface area contributed by atoms with Crippen LogP contribution in [0.2, 0.25) is 0 Å². The summed E-state index contributed by atoms with van der Waals surface area (Å²) in [6.45, 7) is 7.41. The Morgan fingerprint density at radius 3 is 1.50 bits per heavy atom.